The highest BCUT2D eigenvalue weighted by Crippen LogP contribution is 2.23. The van der Waals surface area contributed by atoms with Gasteiger partial charge >= 0.3 is 5.97 Å². The largest absolute Gasteiger partial charge is 0.452 e. The van der Waals surface area contributed by atoms with Crippen LogP contribution in [0.5, 0.6) is 0 Å². The molecule has 0 atom stereocenters. The molecule has 0 radical (unpaired) electrons. The van der Waals surface area contributed by atoms with Crippen LogP contribution in [0.25, 0.3) is 0 Å². The van der Waals surface area contributed by atoms with Gasteiger partial charge in [-0.1, -0.05) is 23.6 Å². The zero-order chi connectivity index (χ0) is 18.2. The summed E-state index contributed by atoms with van der Waals surface area (Å²) in [5.74, 6) is 0.751. The fourth-order valence-corrected chi connectivity index (χ4v) is 3.02. The molecule has 1 amide bonds. The van der Waals surface area contributed by atoms with Crippen molar-refractivity contribution < 1.29 is 22.7 Å². The number of amides is 1. The Morgan fingerprint density at radius 1 is 1.42 bits per heavy atom. The minimum Gasteiger partial charge on any atom is -0.452 e. The van der Waals surface area contributed by atoms with Crippen LogP contribution >= 0.6 is 11.6 Å². The zero-order valence-electron chi connectivity index (χ0n) is 12.5. The number of nitrogens with one attached hydrogen (secondary N) is 2. The molecule has 24 heavy (non-hydrogen) atoms. The number of esters is 1. The van der Waals surface area contributed by atoms with E-state index >= 15 is 0 Å². The van der Waals surface area contributed by atoms with Crippen molar-refractivity contribution in [2.45, 2.75) is 4.90 Å². The molecule has 0 saturated heterocycles. The Morgan fingerprint density at radius 3 is 2.75 bits per heavy atom. The highest BCUT2D eigenvalue weighted by atomic mass is 35.5. The average Bonchev–Trinajstić information content (AvgIpc) is 2.56. The highest BCUT2D eigenvalue weighted by Gasteiger charge is 2.20. The van der Waals surface area contributed by atoms with Crippen molar-refractivity contribution in [3.8, 4) is 12.3 Å². The number of hydrogen-bond acceptors (Lipinski definition) is 5. The second-order valence-electron chi connectivity index (χ2n) is 4.34. The van der Waals surface area contributed by atoms with Crippen molar-refractivity contribution in [2.75, 3.05) is 19.7 Å². The third kappa shape index (κ3) is 5.70. The molecule has 0 aliphatic carbocycles. The summed E-state index contributed by atoms with van der Waals surface area (Å²) in [7, 11) is -3.91. The molecule has 2 N–H and O–H groups in total. The molecule has 0 fully saturated rings. The van der Waals surface area contributed by atoms with Crippen molar-refractivity contribution in [3.63, 3.8) is 0 Å². The van der Waals surface area contributed by atoms with E-state index in [2.05, 4.69) is 22.5 Å². The molecule has 0 aliphatic heterocycles. The third-order valence-corrected chi connectivity index (χ3v) is 4.50. The lowest BCUT2D eigenvalue weighted by molar-refractivity contribution is -0.123. The third-order valence-electron chi connectivity index (χ3n) is 2.60. The second kappa shape index (κ2) is 9.08. The summed E-state index contributed by atoms with van der Waals surface area (Å²) in [5.41, 5.74) is -0.0665. The van der Waals surface area contributed by atoms with Crippen LogP contribution in [0.4, 0.5) is 0 Å². The van der Waals surface area contributed by atoms with Crippen molar-refractivity contribution >= 4 is 33.5 Å². The number of hydrogen-bond donors (Lipinski definition) is 2. The zero-order valence-corrected chi connectivity index (χ0v) is 14.1. The fourth-order valence-electron chi connectivity index (χ4n) is 1.50. The lowest BCUT2D eigenvalue weighted by atomic mass is 10.2. The summed E-state index contributed by atoms with van der Waals surface area (Å²) < 4.78 is 31.2. The van der Waals surface area contributed by atoms with Crippen LogP contribution in [0.1, 0.15) is 10.4 Å². The maximum atomic E-state index is 12.1. The van der Waals surface area contributed by atoms with E-state index in [1.807, 2.05) is 0 Å². The quantitative estimate of drug-likeness (QED) is 0.398. The van der Waals surface area contributed by atoms with Crippen LogP contribution in [0, 0.1) is 12.3 Å². The van der Waals surface area contributed by atoms with E-state index in [1.54, 1.807) is 0 Å². The Morgan fingerprint density at radius 2 is 2.12 bits per heavy atom. The molecule has 1 aromatic rings. The van der Waals surface area contributed by atoms with Gasteiger partial charge in [-0.25, -0.2) is 17.9 Å². The summed E-state index contributed by atoms with van der Waals surface area (Å²) in [6.45, 7) is 2.87. The van der Waals surface area contributed by atoms with E-state index < -0.39 is 28.5 Å². The van der Waals surface area contributed by atoms with Crippen LogP contribution in [-0.4, -0.2) is 40.0 Å². The van der Waals surface area contributed by atoms with Crippen molar-refractivity contribution in [1.82, 2.24) is 10.0 Å². The number of carbonyl (C=O) groups excluding carboxylic acids is 2. The van der Waals surface area contributed by atoms with Crippen molar-refractivity contribution in [2.24, 2.45) is 0 Å². The molecule has 9 heteroatoms. The minimum absolute atomic E-state index is 0.00266. The van der Waals surface area contributed by atoms with Crippen LogP contribution in [-0.2, 0) is 19.6 Å². The summed E-state index contributed by atoms with van der Waals surface area (Å²) in [4.78, 5) is 22.9. The predicted molar refractivity (Wildman–Crippen MR) is 89.0 cm³/mol. The molecular formula is C15H15ClN2O5S. The Labute approximate surface area is 145 Å². The smallest absolute Gasteiger partial charge is 0.338 e. The van der Waals surface area contributed by atoms with E-state index in [1.165, 1.54) is 18.2 Å². The van der Waals surface area contributed by atoms with E-state index in [4.69, 9.17) is 22.8 Å². The first-order valence-corrected chi connectivity index (χ1v) is 8.45. The molecule has 1 aromatic carbocycles. The van der Waals surface area contributed by atoms with E-state index in [-0.39, 0.29) is 28.6 Å². The molecule has 0 spiro atoms. The molecule has 1 rings (SSSR count). The molecular weight excluding hydrogens is 356 g/mol. The van der Waals surface area contributed by atoms with Crippen molar-refractivity contribution in [3.05, 3.63) is 41.4 Å². The van der Waals surface area contributed by atoms with Crippen LogP contribution in [0.2, 0.25) is 5.02 Å². The van der Waals surface area contributed by atoms with Gasteiger partial charge in [-0.05, 0) is 18.2 Å². The topological polar surface area (TPSA) is 102 Å². The predicted octanol–water partition coefficient (Wildman–Crippen LogP) is 0.710. The fraction of sp³-hybridized carbons (Fsp3) is 0.200. The number of halogens is 1. The number of sulfonamides is 1. The summed E-state index contributed by atoms with van der Waals surface area (Å²) in [6, 6.07) is 3.60. The minimum atomic E-state index is -3.91. The molecule has 0 saturated carbocycles. The van der Waals surface area contributed by atoms with Gasteiger partial charge in [0.25, 0.3) is 5.91 Å². The molecule has 0 aromatic heterocycles. The van der Waals surface area contributed by atoms with Gasteiger partial charge in [0.1, 0.15) is 4.90 Å². The maximum Gasteiger partial charge on any atom is 0.338 e. The molecule has 7 nitrogen and oxygen atoms in total. The van der Waals surface area contributed by atoms with E-state index in [9.17, 15) is 18.0 Å². The van der Waals surface area contributed by atoms with Crippen LogP contribution in [0.15, 0.2) is 35.7 Å². The van der Waals surface area contributed by atoms with Gasteiger partial charge in [0, 0.05) is 6.54 Å². The number of rotatable bonds is 8. The van der Waals surface area contributed by atoms with Gasteiger partial charge in [0.2, 0.25) is 10.0 Å². The van der Waals surface area contributed by atoms with Crippen LogP contribution < -0.4 is 10.0 Å². The first-order valence-electron chi connectivity index (χ1n) is 6.59. The lowest BCUT2D eigenvalue weighted by Crippen LogP contribution is -2.29. The van der Waals surface area contributed by atoms with Crippen LogP contribution in [0.3, 0.4) is 0 Å². The van der Waals surface area contributed by atoms with Gasteiger partial charge in [-0.15, -0.1) is 13.0 Å². The van der Waals surface area contributed by atoms with Gasteiger partial charge in [0.15, 0.2) is 6.61 Å². The number of carbonyl (C=O) groups is 2. The lowest BCUT2D eigenvalue weighted by Gasteiger charge is -2.09. The SMILES string of the molecule is C#CCNC(=O)COC(=O)c1ccc(Cl)c(S(=O)(=O)NCC=C)c1. The summed E-state index contributed by atoms with van der Waals surface area (Å²) in [6.07, 6.45) is 6.34. The maximum absolute atomic E-state index is 12.1. The summed E-state index contributed by atoms with van der Waals surface area (Å²) >= 11 is 5.87. The van der Waals surface area contributed by atoms with Crippen molar-refractivity contribution in [1.29, 1.82) is 0 Å². The van der Waals surface area contributed by atoms with E-state index in [0.29, 0.717) is 0 Å². The molecule has 0 bridgehead atoms. The number of ether oxygens (including phenoxy) is 1. The monoisotopic (exact) mass is 370 g/mol. The number of benzene rings is 1. The average molecular weight is 371 g/mol. The van der Waals surface area contributed by atoms with Gasteiger partial charge in [-0.2, -0.15) is 0 Å². The Bertz CT molecular complexity index is 784. The Kier molecular flexibility index (Phi) is 7.45. The Balaban J connectivity index is 2.89. The van der Waals surface area contributed by atoms with E-state index in [0.717, 1.165) is 6.07 Å². The van der Waals surface area contributed by atoms with Gasteiger partial charge in [-0.3, -0.25) is 4.79 Å². The second-order valence-corrected chi connectivity index (χ2v) is 6.49. The molecule has 128 valence electrons. The molecule has 0 aliphatic rings. The molecule has 0 heterocycles. The number of terminal acetylenes is 1. The first kappa shape index (κ1) is 19.7. The Hall–Kier alpha value is -2.34. The van der Waals surface area contributed by atoms with Gasteiger partial charge < -0.3 is 10.1 Å². The highest BCUT2D eigenvalue weighted by molar-refractivity contribution is 7.89. The summed E-state index contributed by atoms with van der Waals surface area (Å²) in [5, 5.41) is 2.26. The first-order chi connectivity index (χ1) is 11.3. The normalized spacial score (nSPS) is 10.5. The molecule has 0 unspecified atom stereocenters. The standard InChI is InChI=1S/C15H15ClN2O5S/c1-3-7-17-14(19)10-23-15(20)11-5-6-12(16)13(9-11)24(21,22)18-8-4-2/h1,4-6,9,18H,2,7-8,10H2,(H,17,19). The van der Waals surface area contributed by atoms with Gasteiger partial charge in [0.05, 0.1) is 17.1 Å².